The lowest BCUT2D eigenvalue weighted by Gasteiger charge is -2.05. The van der Waals surface area contributed by atoms with Gasteiger partial charge in [0.05, 0.1) is 18.3 Å². The summed E-state index contributed by atoms with van der Waals surface area (Å²) in [6, 6.07) is 10.4. The van der Waals surface area contributed by atoms with E-state index in [9.17, 15) is 4.79 Å². The first-order valence-electron chi connectivity index (χ1n) is 5.39. The molecule has 1 amide bonds. The minimum absolute atomic E-state index is 0.144. The first-order chi connectivity index (χ1) is 8.63. The second-order valence-corrected chi connectivity index (χ2v) is 4.25. The fourth-order valence-electron chi connectivity index (χ4n) is 1.48. The van der Waals surface area contributed by atoms with Crippen molar-refractivity contribution in [3.63, 3.8) is 0 Å². The van der Waals surface area contributed by atoms with Crippen LogP contribution in [0, 0.1) is 0 Å². The van der Waals surface area contributed by atoms with Gasteiger partial charge in [0.2, 0.25) is 5.91 Å². The van der Waals surface area contributed by atoms with Crippen LogP contribution in [-0.4, -0.2) is 10.9 Å². The molecule has 92 valence electrons. The Morgan fingerprint density at radius 1 is 1.33 bits per heavy atom. The van der Waals surface area contributed by atoms with Crippen LogP contribution in [0.1, 0.15) is 5.69 Å². The normalized spacial score (nSPS) is 10.1. The van der Waals surface area contributed by atoms with Crippen LogP contribution in [0.15, 0.2) is 42.6 Å². The molecule has 0 atom stereocenters. The predicted octanol–water partition coefficient (Wildman–Crippen LogP) is 2.50. The molecular weight excluding hydrogens is 250 g/mol. The van der Waals surface area contributed by atoms with E-state index in [-0.39, 0.29) is 12.3 Å². The minimum atomic E-state index is -0.144. The summed E-state index contributed by atoms with van der Waals surface area (Å²) in [5, 5.41) is 3.33. The zero-order valence-electron chi connectivity index (χ0n) is 9.56. The maximum absolute atomic E-state index is 11.8. The summed E-state index contributed by atoms with van der Waals surface area (Å²) >= 11 is 5.83. The average molecular weight is 262 g/mol. The third-order valence-electron chi connectivity index (χ3n) is 2.30. The average Bonchev–Trinajstić information content (AvgIpc) is 2.32. The van der Waals surface area contributed by atoms with Crippen LogP contribution in [0.2, 0.25) is 5.02 Å². The molecule has 0 fully saturated rings. The summed E-state index contributed by atoms with van der Waals surface area (Å²) in [6.45, 7) is 0. The Labute approximate surface area is 110 Å². The molecule has 0 spiro atoms. The number of halogens is 1. The number of nitrogens with one attached hydrogen (secondary N) is 1. The number of amides is 1. The van der Waals surface area contributed by atoms with Crippen molar-refractivity contribution in [2.45, 2.75) is 6.42 Å². The van der Waals surface area contributed by atoms with Crippen LogP contribution >= 0.6 is 11.6 Å². The molecule has 4 nitrogen and oxygen atoms in total. The SMILES string of the molecule is Nc1ccc(CC(=O)Nc2cccc(Cl)c2)nc1. The number of aromatic nitrogens is 1. The quantitative estimate of drug-likeness (QED) is 0.892. The van der Waals surface area contributed by atoms with Gasteiger partial charge in [0, 0.05) is 16.4 Å². The van der Waals surface area contributed by atoms with E-state index in [4.69, 9.17) is 17.3 Å². The summed E-state index contributed by atoms with van der Waals surface area (Å²) in [4.78, 5) is 15.8. The lowest BCUT2D eigenvalue weighted by atomic mass is 10.2. The molecule has 2 aromatic rings. The summed E-state index contributed by atoms with van der Waals surface area (Å²) in [7, 11) is 0. The number of hydrogen-bond acceptors (Lipinski definition) is 3. The van der Waals surface area contributed by atoms with Crippen LogP contribution < -0.4 is 11.1 Å². The fourth-order valence-corrected chi connectivity index (χ4v) is 1.67. The molecule has 0 saturated carbocycles. The molecule has 1 aromatic carbocycles. The molecule has 0 aliphatic heterocycles. The van der Waals surface area contributed by atoms with E-state index >= 15 is 0 Å². The summed E-state index contributed by atoms with van der Waals surface area (Å²) in [5.41, 5.74) is 7.44. The van der Waals surface area contributed by atoms with E-state index in [1.807, 2.05) is 0 Å². The molecule has 1 aromatic heterocycles. The zero-order chi connectivity index (χ0) is 13.0. The van der Waals surface area contributed by atoms with E-state index in [2.05, 4.69) is 10.3 Å². The number of nitrogens with zero attached hydrogens (tertiary/aromatic N) is 1. The molecule has 18 heavy (non-hydrogen) atoms. The van der Waals surface area contributed by atoms with Crippen molar-refractivity contribution in [1.82, 2.24) is 4.98 Å². The number of anilines is 2. The highest BCUT2D eigenvalue weighted by atomic mass is 35.5. The minimum Gasteiger partial charge on any atom is -0.397 e. The highest BCUT2D eigenvalue weighted by molar-refractivity contribution is 6.30. The molecule has 0 aliphatic carbocycles. The second-order valence-electron chi connectivity index (χ2n) is 3.82. The Morgan fingerprint density at radius 3 is 2.83 bits per heavy atom. The molecule has 0 saturated heterocycles. The van der Waals surface area contributed by atoms with Crippen molar-refractivity contribution in [1.29, 1.82) is 0 Å². The van der Waals surface area contributed by atoms with Crippen molar-refractivity contribution in [2.75, 3.05) is 11.1 Å². The van der Waals surface area contributed by atoms with Crippen molar-refractivity contribution >= 4 is 28.9 Å². The number of carbonyl (C=O) groups is 1. The van der Waals surface area contributed by atoms with Gasteiger partial charge >= 0.3 is 0 Å². The van der Waals surface area contributed by atoms with Gasteiger partial charge < -0.3 is 11.1 Å². The van der Waals surface area contributed by atoms with Crippen molar-refractivity contribution in [2.24, 2.45) is 0 Å². The third kappa shape index (κ3) is 3.46. The number of rotatable bonds is 3. The summed E-state index contributed by atoms with van der Waals surface area (Å²) < 4.78 is 0. The smallest absolute Gasteiger partial charge is 0.230 e. The molecule has 0 bridgehead atoms. The Kier molecular flexibility index (Phi) is 3.79. The van der Waals surface area contributed by atoms with Crippen LogP contribution in [0.4, 0.5) is 11.4 Å². The topological polar surface area (TPSA) is 68.0 Å². The van der Waals surface area contributed by atoms with Crippen LogP contribution in [0.3, 0.4) is 0 Å². The lowest BCUT2D eigenvalue weighted by molar-refractivity contribution is -0.115. The van der Waals surface area contributed by atoms with Crippen molar-refractivity contribution < 1.29 is 4.79 Å². The Morgan fingerprint density at radius 2 is 2.17 bits per heavy atom. The van der Waals surface area contributed by atoms with Crippen LogP contribution in [0.25, 0.3) is 0 Å². The number of nitrogens with two attached hydrogens (primary N) is 1. The van der Waals surface area contributed by atoms with Gasteiger partial charge in [-0.05, 0) is 30.3 Å². The van der Waals surface area contributed by atoms with Gasteiger partial charge in [-0.2, -0.15) is 0 Å². The first-order valence-corrected chi connectivity index (χ1v) is 5.77. The van der Waals surface area contributed by atoms with E-state index in [1.54, 1.807) is 36.4 Å². The maximum atomic E-state index is 11.8. The van der Waals surface area contributed by atoms with E-state index in [0.717, 1.165) is 0 Å². The van der Waals surface area contributed by atoms with Gasteiger partial charge in [0.1, 0.15) is 0 Å². The maximum Gasteiger partial charge on any atom is 0.230 e. The van der Waals surface area contributed by atoms with Crippen molar-refractivity contribution in [3.05, 3.63) is 53.3 Å². The number of carbonyl (C=O) groups excluding carboxylic acids is 1. The Hall–Kier alpha value is -2.07. The largest absolute Gasteiger partial charge is 0.397 e. The van der Waals surface area contributed by atoms with Gasteiger partial charge in [-0.1, -0.05) is 17.7 Å². The molecule has 3 N–H and O–H groups in total. The van der Waals surface area contributed by atoms with Gasteiger partial charge in [-0.3, -0.25) is 9.78 Å². The van der Waals surface area contributed by atoms with Gasteiger partial charge in [0.15, 0.2) is 0 Å². The number of hydrogen-bond donors (Lipinski definition) is 2. The summed E-state index contributed by atoms with van der Waals surface area (Å²) in [5.74, 6) is -0.144. The molecule has 0 unspecified atom stereocenters. The van der Waals surface area contributed by atoms with Gasteiger partial charge in [-0.15, -0.1) is 0 Å². The molecule has 0 aliphatic rings. The van der Waals surface area contributed by atoms with Crippen LogP contribution in [0.5, 0.6) is 0 Å². The molecule has 1 heterocycles. The van der Waals surface area contributed by atoms with Gasteiger partial charge in [0.25, 0.3) is 0 Å². The molecule has 2 rings (SSSR count). The Balaban J connectivity index is 1.98. The molecule has 0 radical (unpaired) electrons. The monoisotopic (exact) mass is 261 g/mol. The van der Waals surface area contributed by atoms with Gasteiger partial charge in [-0.25, -0.2) is 0 Å². The fraction of sp³-hybridized carbons (Fsp3) is 0.0769. The standard InChI is InChI=1S/C13H12ClN3O/c14-9-2-1-3-12(6-9)17-13(18)7-11-5-4-10(15)8-16-11/h1-6,8H,7,15H2,(H,17,18). The number of pyridine rings is 1. The van der Waals surface area contributed by atoms with Crippen molar-refractivity contribution in [3.8, 4) is 0 Å². The number of benzene rings is 1. The third-order valence-corrected chi connectivity index (χ3v) is 2.53. The molecular formula is C13H12ClN3O. The van der Waals surface area contributed by atoms with E-state index in [0.29, 0.717) is 22.1 Å². The predicted molar refractivity (Wildman–Crippen MR) is 72.4 cm³/mol. The zero-order valence-corrected chi connectivity index (χ0v) is 10.3. The van der Waals surface area contributed by atoms with E-state index in [1.165, 1.54) is 6.20 Å². The highest BCUT2D eigenvalue weighted by Crippen LogP contribution is 2.15. The summed E-state index contributed by atoms with van der Waals surface area (Å²) in [6.07, 6.45) is 1.73. The van der Waals surface area contributed by atoms with Crippen LogP contribution in [-0.2, 0) is 11.2 Å². The first kappa shape index (κ1) is 12.4. The number of nitrogen functional groups attached to an aromatic ring is 1. The lowest BCUT2D eigenvalue weighted by Crippen LogP contribution is -2.15. The second kappa shape index (κ2) is 5.51. The highest BCUT2D eigenvalue weighted by Gasteiger charge is 2.05. The Bertz CT molecular complexity index is 554. The van der Waals surface area contributed by atoms with E-state index < -0.39 is 0 Å². The molecule has 5 heteroatoms.